The predicted molar refractivity (Wildman–Crippen MR) is 141 cm³/mol. The third-order valence-electron chi connectivity index (χ3n) is 6.56. The van der Waals surface area contributed by atoms with Crippen LogP contribution in [0.2, 0.25) is 0 Å². The van der Waals surface area contributed by atoms with Crippen LogP contribution in [-0.4, -0.2) is 92.0 Å². The summed E-state index contributed by atoms with van der Waals surface area (Å²) in [6.45, 7) is 7.05. The minimum atomic E-state index is -0.404. The van der Waals surface area contributed by atoms with Crippen molar-refractivity contribution in [2.75, 3.05) is 44.4 Å². The van der Waals surface area contributed by atoms with Gasteiger partial charge in [0.2, 0.25) is 5.91 Å². The van der Waals surface area contributed by atoms with Crippen LogP contribution in [0.25, 0.3) is 0 Å². The largest absolute Gasteiger partial charge is 0.351 e. The number of amides is 5. The van der Waals surface area contributed by atoms with Crippen LogP contribution in [0.5, 0.6) is 0 Å². The fourth-order valence-corrected chi connectivity index (χ4v) is 4.05. The fraction of sp³-hybridized carbons (Fsp3) is 0.600. The average molecular weight is 504 g/mol. The Morgan fingerprint density at radius 3 is 2.31 bits per heavy atom. The lowest BCUT2D eigenvalue weighted by molar-refractivity contribution is -0.123. The van der Waals surface area contributed by atoms with Gasteiger partial charge in [0.1, 0.15) is 6.29 Å². The number of likely N-dealkylation sites (tertiary alicyclic amines) is 1. The summed E-state index contributed by atoms with van der Waals surface area (Å²) in [4.78, 5) is 51.8. The first kappa shape index (κ1) is 29.1. The van der Waals surface area contributed by atoms with Crippen molar-refractivity contribution in [1.29, 1.82) is 0 Å². The van der Waals surface area contributed by atoms with Gasteiger partial charge in [0.05, 0.1) is 6.04 Å². The Bertz CT molecular complexity index is 880. The van der Waals surface area contributed by atoms with Gasteiger partial charge in [-0.1, -0.05) is 0 Å². The minimum absolute atomic E-state index is 0.116. The fourth-order valence-electron chi connectivity index (χ4n) is 4.05. The number of rotatable bonds is 12. The number of hydrogen-bond acceptors (Lipinski definition) is 6. The lowest BCUT2D eigenvalue weighted by Gasteiger charge is -2.32. The summed E-state index contributed by atoms with van der Waals surface area (Å²) in [5, 5.41) is 14.1. The number of hydrogen-bond donors (Lipinski definition) is 5. The van der Waals surface area contributed by atoms with Crippen molar-refractivity contribution < 1.29 is 19.2 Å². The SMILES string of the molecule is CNC(C)C(=O)NC(C)CN(CC1CCC(C)N1C)C(=O)Nc1ccc(NC(=O)NCCC=O)cc1. The number of benzene rings is 1. The Hall–Kier alpha value is -3.18. The van der Waals surface area contributed by atoms with Crippen LogP contribution in [0.15, 0.2) is 24.3 Å². The number of aldehydes is 1. The zero-order valence-corrected chi connectivity index (χ0v) is 22.0. The predicted octanol–water partition coefficient (Wildman–Crippen LogP) is 1.83. The maximum atomic E-state index is 13.3. The van der Waals surface area contributed by atoms with Crippen molar-refractivity contribution in [3.63, 3.8) is 0 Å². The van der Waals surface area contributed by atoms with Crippen LogP contribution in [0.3, 0.4) is 0 Å². The Balaban J connectivity index is 2.02. The molecule has 0 aromatic heterocycles. The molecule has 1 saturated heterocycles. The van der Waals surface area contributed by atoms with Gasteiger partial charge in [-0.2, -0.15) is 0 Å². The van der Waals surface area contributed by atoms with Crippen LogP contribution >= 0.6 is 0 Å². The smallest absolute Gasteiger partial charge is 0.321 e. The topological polar surface area (TPSA) is 135 Å². The summed E-state index contributed by atoms with van der Waals surface area (Å²) in [5.74, 6) is -0.116. The second-order valence-electron chi connectivity index (χ2n) is 9.41. The summed E-state index contributed by atoms with van der Waals surface area (Å²) in [5.41, 5.74) is 1.15. The van der Waals surface area contributed by atoms with Gasteiger partial charge in [-0.15, -0.1) is 0 Å². The van der Waals surface area contributed by atoms with Gasteiger partial charge in [-0.25, -0.2) is 9.59 Å². The standard InChI is InChI=1S/C25H41N7O4/c1-17(28-23(34)19(3)26-4)15-32(16-22-12-7-18(2)31(22)5)25(36)30-21-10-8-20(9-11-21)29-24(35)27-13-6-14-33/h8-11,14,17-19,22,26H,6-7,12-13,15-16H2,1-5H3,(H,28,34)(H,30,36)(H2,27,29,35). The third kappa shape index (κ3) is 9.12. The zero-order valence-electron chi connectivity index (χ0n) is 22.0. The highest BCUT2D eigenvalue weighted by Crippen LogP contribution is 2.23. The molecule has 1 aromatic carbocycles. The Labute approximate surface area is 213 Å². The maximum absolute atomic E-state index is 13.3. The third-order valence-corrected chi connectivity index (χ3v) is 6.56. The molecular weight excluding hydrogens is 462 g/mol. The quantitative estimate of drug-likeness (QED) is 0.218. The van der Waals surface area contributed by atoms with E-state index in [0.29, 0.717) is 30.5 Å². The molecule has 36 heavy (non-hydrogen) atoms. The number of nitrogens with one attached hydrogen (secondary N) is 5. The molecule has 0 spiro atoms. The summed E-state index contributed by atoms with van der Waals surface area (Å²) < 4.78 is 0. The molecule has 1 aliphatic heterocycles. The first-order valence-electron chi connectivity index (χ1n) is 12.5. The Morgan fingerprint density at radius 2 is 1.75 bits per heavy atom. The average Bonchev–Trinajstić information content (AvgIpc) is 3.16. The number of carbonyl (C=O) groups excluding carboxylic acids is 4. The first-order valence-corrected chi connectivity index (χ1v) is 12.5. The highest BCUT2D eigenvalue weighted by atomic mass is 16.2. The molecule has 0 aliphatic carbocycles. The van der Waals surface area contributed by atoms with E-state index in [0.717, 1.165) is 19.1 Å². The molecule has 4 unspecified atom stereocenters. The van der Waals surface area contributed by atoms with Crippen LogP contribution in [0, 0.1) is 0 Å². The molecule has 1 aliphatic rings. The number of likely N-dealkylation sites (N-methyl/N-ethyl adjacent to an activating group) is 2. The van der Waals surface area contributed by atoms with Gasteiger partial charge >= 0.3 is 12.1 Å². The molecule has 200 valence electrons. The number of urea groups is 2. The molecule has 5 N–H and O–H groups in total. The van der Waals surface area contributed by atoms with E-state index >= 15 is 0 Å². The molecule has 11 heteroatoms. The van der Waals surface area contributed by atoms with E-state index < -0.39 is 6.03 Å². The normalized spacial score (nSPS) is 19.1. The Morgan fingerprint density at radius 1 is 1.11 bits per heavy atom. The highest BCUT2D eigenvalue weighted by Gasteiger charge is 2.31. The zero-order chi connectivity index (χ0) is 26.7. The molecule has 0 bridgehead atoms. The summed E-state index contributed by atoms with van der Waals surface area (Å²) in [6.07, 6.45) is 3.08. The van der Waals surface area contributed by atoms with Crippen molar-refractivity contribution in [1.82, 2.24) is 25.8 Å². The van der Waals surface area contributed by atoms with Gasteiger partial charge in [-0.3, -0.25) is 9.69 Å². The van der Waals surface area contributed by atoms with Crippen LogP contribution in [0.4, 0.5) is 21.0 Å². The van der Waals surface area contributed by atoms with E-state index in [9.17, 15) is 19.2 Å². The Kier molecular flexibility index (Phi) is 11.6. The second-order valence-corrected chi connectivity index (χ2v) is 9.41. The van der Waals surface area contributed by atoms with E-state index in [-0.39, 0.29) is 43.0 Å². The van der Waals surface area contributed by atoms with Crippen LogP contribution < -0.4 is 26.6 Å². The molecule has 1 aromatic rings. The molecule has 0 saturated carbocycles. The molecule has 11 nitrogen and oxygen atoms in total. The van der Waals surface area contributed by atoms with E-state index in [4.69, 9.17) is 0 Å². The molecule has 4 atom stereocenters. The summed E-state index contributed by atoms with van der Waals surface area (Å²) >= 11 is 0. The van der Waals surface area contributed by atoms with Gasteiger partial charge in [0.25, 0.3) is 0 Å². The number of anilines is 2. The van der Waals surface area contributed by atoms with E-state index in [2.05, 4.69) is 45.5 Å². The van der Waals surface area contributed by atoms with Gasteiger partial charge in [0.15, 0.2) is 0 Å². The number of nitrogens with zero attached hydrogens (tertiary/aromatic N) is 2. The second kappa shape index (κ2) is 14.4. The van der Waals surface area contributed by atoms with Crippen LogP contribution in [-0.2, 0) is 9.59 Å². The van der Waals surface area contributed by atoms with E-state index in [1.807, 2.05) is 6.92 Å². The highest BCUT2D eigenvalue weighted by molar-refractivity contribution is 5.91. The van der Waals surface area contributed by atoms with Crippen molar-refractivity contribution >= 4 is 35.6 Å². The summed E-state index contributed by atoms with van der Waals surface area (Å²) in [6, 6.07) is 6.29. The van der Waals surface area contributed by atoms with Crippen molar-refractivity contribution in [2.24, 2.45) is 0 Å². The maximum Gasteiger partial charge on any atom is 0.321 e. The van der Waals surface area contributed by atoms with Gasteiger partial charge in [-0.05, 0) is 72.0 Å². The lowest BCUT2D eigenvalue weighted by atomic mass is 10.2. The molecule has 1 heterocycles. The van der Waals surface area contributed by atoms with Crippen LogP contribution in [0.1, 0.15) is 40.0 Å². The molecule has 0 radical (unpaired) electrons. The molecule has 2 rings (SSSR count). The first-order chi connectivity index (χ1) is 17.1. The lowest BCUT2D eigenvalue weighted by Crippen LogP contribution is -2.52. The monoisotopic (exact) mass is 503 g/mol. The molecule has 1 fully saturated rings. The number of carbonyl (C=O) groups is 4. The van der Waals surface area contributed by atoms with Crippen molar-refractivity contribution in [3.8, 4) is 0 Å². The van der Waals surface area contributed by atoms with E-state index in [1.165, 1.54) is 0 Å². The van der Waals surface area contributed by atoms with Crippen molar-refractivity contribution in [2.45, 2.75) is 64.2 Å². The van der Waals surface area contributed by atoms with E-state index in [1.54, 1.807) is 43.1 Å². The summed E-state index contributed by atoms with van der Waals surface area (Å²) in [7, 11) is 3.81. The molecular formula is C25H41N7O4. The van der Waals surface area contributed by atoms with Gasteiger partial charge < -0.3 is 36.3 Å². The molecule has 5 amide bonds. The van der Waals surface area contributed by atoms with Crippen molar-refractivity contribution in [3.05, 3.63) is 24.3 Å². The minimum Gasteiger partial charge on any atom is -0.351 e. The van der Waals surface area contributed by atoms with Gasteiger partial charge in [0, 0.05) is 55.6 Å².